The molecule has 0 aliphatic carbocycles. The van der Waals surface area contributed by atoms with Crippen LogP contribution in [0.4, 0.5) is 10.5 Å². The Kier molecular flexibility index (Phi) is 9.96. The molecule has 0 aliphatic heterocycles. The van der Waals surface area contributed by atoms with Crippen molar-refractivity contribution in [3.05, 3.63) is 72.8 Å². The number of amides is 2. The Morgan fingerprint density at radius 1 is 1.07 bits per heavy atom. The number of alkyl carbamates (subject to hydrolysis) is 1. The lowest BCUT2D eigenvalue weighted by Crippen LogP contribution is -2.35. The number of rotatable bonds is 12. The molecule has 0 aliphatic rings. The molecule has 0 saturated carbocycles. The number of para-hydroxylation sites is 2. The van der Waals surface area contributed by atoms with Crippen molar-refractivity contribution in [2.24, 2.45) is 5.73 Å². The van der Waals surface area contributed by atoms with Crippen LogP contribution in [-0.2, 0) is 16.1 Å². The predicted octanol–water partition coefficient (Wildman–Crippen LogP) is 3.61. The highest BCUT2D eigenvalue weighted by atomic mass is 16.5. The van der Waals surface area contributed by atoms with E-state index in [-0.39, 0.29) is 12.5 Å². The van der Waals surface area contributed by atoms with E-state index in [9.17, 15) is 9.59 Å². The zero-order valence-corrected chi connectivity index (χ0v) is 17.0. The Hall–Kier alpha value is -3.32. The van der Waals surface area contributed by atoms with Gasteiger partial charge >= 0.3 is 6.09 Å². The van der Waals surface area contributed by atoms with E-state index in [0.29, 0.717) is 43.9 Å². The predicted molar refractivity (Wildman–Crippen MR) is 117 cm³/mol. The van der Waals surface area contributed by atoms with Crippen molar-refractivity contribution in [1.29, 1.82) is 0 Å². The number of nitrogens with two attached hydrogens (primary N) is 1. The van der Waals surface area contributed by atoms with Crippen LogP contribution in [0.25, 0.3) is 0 Å². The molecule has 0 radical (unpaired) electrons. The lowest BCUT2D eigenvalue weighted by Gasteiger charge is -2.15. The Morgan fingerprint density at radius 3 is 2.57 bits per heavy atom. The van der Waals surface area contributed by atoms with E-state index in [1.165, 1.54) is 0 Å². The van der Waals surface area contributed by atoms with Crippen molar-refractivity contribution >= 4 is 17.7 Å². The molecule has 2 amide bonds. The average Bonchev–Trinajstić information content (AvgIpc) is 2.77. The van der Waals surface area contributed by atoms with Gasteiger partial charge in [-0.05, 0) is 37.0 Å². The summed E-state index contributed by atoms with van der Waals surface area (Å²) in [7, 11) is 0. The summed E-state index contributed by atoms with van der Waals surface area (Å²) in [5.41, 5.74) is 7.49. The third kappa shape index (κ3) is 8.36. The van der Waals surface area contributed by atoms with Crippen LogP contribution in [0.1, 0.15) is 24.8 Å². The fraction of sp³-hybridized carbons (Fsp3) is 0.304. The number of anilines is 1. The molecule has 0 unspecified atom stereocenters. The topological polar surface area (TPSA) is 103 Å². The summed E-state index contributed by atoms with van der Waals surface area (Å²) in [6.07, 6.45) is 3.07. The van der Waals surface area contributed by atoms with E-state index >= 15 is 0 Å². The van der Waals surface area contributed by atoms with Crippen molar-refractivity contribution in [2.75, 3.05) is 18.5 Å². The summed E-state index contributed by atoms with van der Waals surface area (Å²) < 4.78 is 10.7. The minimum absolute atomic E-state index is 0.232. The second kappa shape index (κ2) is 13.0. The summed E-state index contributed by atoms with van der Waals surface area (Å²) in [6, 6.07) is 16.0. The van der Waals surface area contributed by atoms with Gasteiger partial charge in [-0.2, -0.15) is 0 Å². The number of unbranched alkanes of at least 4 members (excludes halogenated alkanes) is 1. The van der Waals surface area contributed by atoms with Gasteiger partial charge in [0.1, 0.15) is 19.0 Å². The normalized spacial score (nSPS) is 11.2. The first kappa shape index (κ1) is 23.0. The summed E-state index contributed by atoms with van der Waals surface area (Å²) in [6.45, 7) is 4.65. The van der Waals surface area contributed by atoms with Crippen LogP contribution in [0.2, 0.25) is 0 Å². The van der Waals surface area contributed by atoms with Gasteiger partial charge in [0, 0.05) is 6.54 Å². The molecule has 2 rings (SSSR count). The Labute approximate surface area is 177 Å². The zero-order chi connectivity index (χ0) is 21.6. The number of carbonyl (C=O) groups excluding carboxylic acids is 2. The number of hydrogen-bond donors (Lipinski definition) is 3. The molecule has 0 fully saturated rings. The highest BCUT2D eigenvalue weighted by Gasteiger charge is 2.15. The van der Waals surface area contributed by atoms with E-state index in [2.05, 4.69) is 17.2 Å². The molecule has 2 aromatic carbocycles. The summed E-state index contributed by atoms with van der Waals surface area (Å²) in [5.74, 6) is 0.288. The van der Waals surface area contributed by atoms with Gasteiger partial charge in [0.2, 0.25) is 5.91 Å². The highest BCUT2D eigenvalue weighted by molar-refractivity contribution is 5.95. The van der Waals surface area contributed by atoms with Crippen molar-refractivity contribution in [3.8, 4) is 5.75 Å². The van der Waals surface area contributed by atoms with Gasteiger partial charge in [-0.15, -0.1) is 0 Å². The van der Waals surface area contributed by atoms with E-state index < -0.39 is 12.1 Å². The highest BCUT2D eigenvalue weighted by Crippen LogP contribution is 2.24. The number of hydrogen-bond acceptors (Lipinski definition) is 5. The molecular formula is C23H29N3O4. The SMILES string of the molecule is C=CCOc1ccccc1NC(=O)[C@@H](N)CCCCNC(=O)OCc1ccccc1. The molecule has 160 valence electrons. The molecular weight excluding hydrogens is 382 g/mol. The van der Waals surface area contributed by atoms with Crippen LogP contribution in [-0.4, -0.2) is 31.2 Å². The summed E-state index contributed by atoms with van der Waals surface area (Å²) in [5, 5.41) is 5.49. The fourth-order valence-electron chi connectivity index (χ4n) is 2.65. The molecule has 30 heavy (non-hydrogen) atoms. The van der Waals surface area contributed by atoms with Gasteiger partial charge in [-0.25, -0.2) is 4.79 Å². The number of carbonyl (C=O) groups is 2. The average molecular weight is 412 g/mol. The largest absolute Gasteiger partial charge is 0.487 e. The van der Waals surface area contributed by atoms with Crippen LogP contribution in [0.5, 0.6) is 5.75 Å². The number of benzene rings is 2. The Balaban J connectivity index is 1.62. The van der Waals surface area contributed by atoms with E-state index in [1.807, 2.05) is 42.5 Å². The Bertz CT molecular complexity index is 811. The molecule has 1 atom stereocenters. The van der Waals surface area contributed by atoms with Crippen LogP contribution in [0.15, 0.2) is 67.3 Å². The second-order valence-corrected chi connectivity index (χ2v) is 6.68. The minimum Gasteiger partial charge on any atom is -0.487 e. The smallest absolute Gasteiger partial charge is 0.407 e. The molecule has 0 aromatic heterocycles. The van der Waals surface area contributed by atoms with Gasteiger partial charge in [0.05, 0.1) is 11.7 Å². The van der Waals surface area contributed by atoms with Crippen LogP contribution in [0, 0.1) is 0 Å². The van der Waals surface area contributed by atoms with E-state index in [4.69, 9.17) is 15.2 Å². The van der Waals surface area contributed by atoms with Crippen molar-refractivity contribution < 1.29 is 19.1 Å². The van der Waals surface area contributed by atoms with Crippen LogP contribution >= 0.6 is 0 Å². The first-order valence-electron chi connectivity index (χ1n) is 9.94. The summed E-state index contributed by atoms with van der Waals surface area (Å²) >= 11 is 0. The molecule has 0 spiro atoms. The monoisotopic (exact) mass is 411 g/mol. The van der Waals surface area contributed by atoms with Crippen LogP contribution < -0.4 is 21.1 Å². The molecule has 4 N–H and O–H groups in total. The van der Waals surface area contributed by atoms with Crippen LogP contribution in [0.3, 0.4) is 0 Å². The molecule has 0 bridgehead atoms. The lowest BCUT2D eigenvalue weighted by molar-refractivity contribution is -0.117. The van der Waals surface area contributed by atoms with Crippen molar-refractivity contribution in [1.82, 2.24) is 5.32 Å². The lowest BCUT2D eigenvalue weighted by atomic mass is 10.1. The number of nitrogens with one attached hydrogen (secondary N) is 2. The number of ether oxygens (including phenoxy) is 2. The fourth-order valence-corrected chi connectivity index (χ4v) is 2.65. The van der Waals surface area contributed by atoms with Gasteiger partial charge < -0.3 is 25.8 Å². The van der Waals surface area contributed by atoms with E-state index in [0.717, 1.165) is 5.56 Å². The third-order valence-corrected chi connectivity index (χ3v) is 4.26. The first-order valence-corrected chi connectivity index (χ1v) is 9.94. The molecule has 7 nitrogen and oxygen atoms in total. The van der Waals surface area contributed by atoms with Gasteiger partial charge in [-0.3, -0.25) is 4.79 Å². The van der Waals surface area contributed by atoms with Gasteiger partial charge in [0.25, 0.3) is 0 Å². The molecule has 2 aromatic rings. The summed E-state index contributed by atoms with van der Waals surface area (Å²) in [4.78, 5) is 24.0. The van der Waals surface area contributed by atoms with Crippen molar-refractivity contribution in [3.63, 3.8) is 0 Å². The maximum Gasteiger partial charge on any atom is 0.407 e. The molecule has 0 heterocycles. The van der Waals surface area contributed by atoms with Crippen molar-refractivity contribution in [2.45, 2.75) is 31.9 Å². The quantitative estimate of drug-likeness (QED) is 0.366. The molecule has 7 heteroatoms. The first-order chi connectivity index (χ1) is 14.6. The Morgan fingerprint density at radius 2 is 1.80 bits per heavy atom. The standard InChI is InChI=1S/C23H29N3O4/c1-2-16-29-21-14-7-6-13-20(21)26-22(27)19(24)12-8-9-15-25-23(28)30-17-18-10-4-3-5-11-18/h2-7,10-11,13-14,19H,1,8-9,12,15-17,24H2,(H,25,28)(H,26,27)/t19-/m0/s1. The minimum atomic E-state index is -0.650. The van der Waals surface area contributed by atoms with Gasteiger partial charge in [-0.1, -0.05) is 55.1 Å². The third-order valence-electron chi connectivity index (χ3n) is 4.26. The second-order valence-electron chi connectivity index (χ2n) is 6.68. The maximum absolute atomic E-state index is 12.3. The molecule has 0 saturated heterocycles. The maximum atomic E-state index is 12.3. The van der Waals surface area contributed by atoms with E-state index in [1.54, 1.807) is 18.2 Å². The van der Waals surface area contributed by atoms with Gasteiger partial charge in [0.15, 0.2) is 0 Å². The zero-order valence-electron chi connectivity index (χ0n) is 17.0.